The van der Waals surface area contributed by atoms with E-state index in [0.717, 1.165) is 32.7 Å². The van der Waals surface area contributed by atoms with Crippen molar-refractivity contribution >= 4 is 11.9 Å². The number of piperazine rings is 1. The Morgan fingerprint density at radius 2 is 1.79 bits per heavy atom. The first-order valence-corrected chi connectivity index (χ1v) is 6.70. The van der Waals surface area contributed by atoms with Crippen molar-refractivity contribution in [2.45, 2.75) is 19.4 Å². The standard InChI is InChI=1S/C13H25N3O3/c1-11(13(18)14(2)3)16-9-7-15(8-10-16)6-5-12(17)19-4/h11H,5-10H2,1-4H3. The molecule has 1 amide bonds. The van der Waals surface area contributed by atoms with Gasteiger partial charge in [0.05, 0.1) is 19.6 Å². The zero-order chi connectivity index (χ0) is 14.4. The Labute approximate surface area is 115 Å². The second-order valence-electron chi connectivity index (χ2n) is 5.11. The Morgan fingerprint density at radius 1 is 1.21 bits per heavy atom. The molecule has 0 saturated carbocycles. The average molecular weight is 271 g/mol. The van der Waals surface area contributed by atoms with Crippen LogP contribution in [0.1, 0.15) is 13.3 Å². The van der Waals surface area contributed by atoms with Crippen LogP contribution in [0.25, 0.3) is 0 Å². The first-order valence-electron chi connectivity index (χ1n) is 6.70. The normalized spacial score (nSPS) is 18.9. The Morgan fingerprint density at radius 3 is 2.26 bits per heavy atom. The Hall–Kier alpha value is -1.14. The molecular formula is C13H25N3O3. The number of likely N-dealkylation sites (N-methyl/N-ethyl adjacent to an activating group) is 1. The van der Waals surface area contributed by atoms with Crippen LogP contribution in [0.5, 0.6) is 0 Å². The third kappa shape index (κ3) is 4.80. The second-order valence-corrected chi connectivity index (χ2v) is 5.11. The molecule has 0 aliphatic carbocycles. The van der Waals surface area contributed by atoms with E-state index in [2.05, 4.69) is 14.5 Å². The monoisotopic (exact) mass is 271 g/mol. The lowest BCUT2D eigenvalue weighted by atomic mass is 10.2. The van der Waals surface area contributed by atoms with Gasteiger partial charge in [-0.1, -0.05) is 0 Å². The van der Waals surface area contributed by atoms with Crippen LogP contribution in [0.3, 0.4) is 0 Å². The lowest BCUT2D eigenvalue weighted by molar-refractivity contribution is -0.141. The Bertz CT molecular complexity index is 312. The van der Waals surface area contributed by atoms with Gasteiger partial charge in [0, 0.05) is 46.8 Å². The van der Waals surface area contributed by atoms with Crippen LogP contribution in [-0.2, 0) is 14.3 Å². The minimum atomic E-state index is -0.168. The van der Waals surface area contributed by atoms with Crippen molar-refractivity contribution < 1.29 is 14.3 Å². The molecule has 1 atom stereocenters. The number of nitrogens with zero attached hydrogens (tertiary/aromatic N) is 3. The number of ether oxygens (including phenoxy) is 1. The van der Waals surface area contributed by atoms with E-state index < -0.39 is 0 Å². The predicted octanol–water partition coefficient (Wildman–Crippen LogP) is -0.356. The number of amides is 1. The number of rotatable bonds is 5. The van der Waals surface area contributed by atoms with Crippen molar-refractivity contribution in [3.05, 3.63) is 0 Å². The van der Waals surface area contributed by atoms with Crippen LogP contribution >= 0.6 is 0 Å². The van der Waals surface area contributed by atoms with E-state index in [4.69, 9.17) is 0 Å². The molecule has 110 valence electrons. The van der Waals surface area contributed by atoms with Gasteiger partial charge in [-0.3, -0.25) is 14.5 Å². The van der Waals surface area contributed by atoms with Crippen LogP contribution in [0, 0.1) is 0 Å². The van der Waals surface area contributed by atoms with E-state index in [9.17, 15) is 9.59 Å². The number of esters is 1. The average Bonchev–Trinajstić information content (AvgIpc) is 2.43. The summed E-state index contributed by atoms with van der Waals surface area (Å²) in [6.45, 7) is 6.19. The van der Waals surface area contributed by atoms with Gasteiger partial charge >= 0.3 is 5.97 Å². The molecular weight excluding hydrogens is 246 g/mol. The van der Waals surface area contributed by atoms with Crippen molar-refractivity contribution in [1.82, 2.24) is 14.7 Å². The van der Waals surface area contributed by atoms with Gasteiger partial charge in [0.1, 0.15) is 0 Å². The van der Waals surface area contributed by atoms with E-state index in [1.807, 2.05) is 6.92 Å². The number of carbonyl (C=O) groups is 2. The highest BCUT2D eigenvalue weighted by Crippen LogP contribution is 2.08. The molecule has 6 nitrogen and oxygen atoms in total. The van der Waals surface area contributed by atoms with Gasteiger partial charge in [-0.05, 0) is 6.92 Å². The summed E-state index contributed by atoms with van der Waals surface area (Å²) in [6.07, 6.45) is 0.433. The largest absolute Gasteiger partial charge is 0.469 e. The van der Waals surface area contributed by atoms with Gasteiger partial charge in [0.15, 0.2) is 0 Å². The van der Waals surface area contributed by atoms with Crippen LogP contribution in [0.2, 0.25) is 0 Å². The van der Waals surface area contributed by atoms with Gasteiger partial charge in [0.25, 0.3) is 0 Å². The van der Waals surface area contributed by atoms with E-state index >= 15 is 0 Å². The molecule has 0 spiro atoms. The highest BCUT2D eigenvalue weighted by Gasteiger charge is 2.26. The molecule has 1 rings (SSSR count). The quantitative estimate of drug-likeness (QED) is 0.639. The minimum absolute atomic E-state index is 0.0715. The predicted molar refractivity (Wildman–Crippen MR) is 72.8 cm³/mol. The molecule has 1 unspecified atom stereocenters. The van der Waals surface area contributed by atoms with Crippen LogP contribution < -0.4 is 0 Å². The molecule has 0 N–H and O–H groups in total. The zero-order valence-electron chi connectivity index (χ0n) is 12.4. The van der Waals surface area contributed by atoms with E-state index in [0.29, 0.717) is 6.42 Å². The molecule has 6 heteroatoms. The molecule has 1 heterocycles. The second kappa shape index (κ2) is 7.45. The molecule has 0 aromatic rings. The van der Waals surface area contributed by atoms with Gasteiger partial charge in [-0.15, -0.1) is 0 Å². The molecule has 0 aromatic carbocycles. The van der Waals surface area contributed by atoms with Crippen molar-refractivity contribution in [3.63, 3.8) is 0 Å². The summed E-state index contributed by atoms with van der Waals surface area (Å²) in [6, 6.07) is -0.0715. The maximum Gasteiger partial charge on any atom is 0.306 e. The van der Waals surface area contributed by atoms with Gasteiger partial charge < -0.3 is 14.5 Å². The third-order valence-electron chi connectivity index (χ3n) is 3.61. The highest BCUT2D eigenvalue weighted by molar-refractivity contribution is 5.80. The topological polar surface area (TPSA) is 53.1 Å². The lowest BCUT2D eigenvalue weighted by Gasteiger charge is -2.37. The summed E-state index contributed by atoms with van der Waals surface area (Å²) >= 11 is 0. The first kappa shape index (κ1) is 15.9. The summed E-state index contributed by atoms with van der Waals surface area (Å²) in [5.74, 6) is -0.0263. The fourth-order valence-corrected chi connectivity index (χ4v) is 2.26. The fraction of sp³-hybridized carbons (Fsp3) is 0.846. The summed E-state index contributed by atoms with van der Waals surface area (Å²) in [7, 11) is 4.98. The minimum Gasteiger partial charge on any atom is -0.469 e. The van der Waals surface area contributed by atoms with Crippen molar-refractivity contribution in [2.75, 3.05) is 53.9 Å². The molecule has 1 saturated heterocycles. The van der Waals surface area contributed by atoms with Crippen molar-refractivity contribution in [1.29, 1.82) is 0 Å². The molecule has 0 aromatic heterocycles. The first-order chi connectivity index (χ1) is 8.95. The Balaban J connectivity index is 2.32. The molecule has 0 radical (unpaired) electrons. The van der Waals surface area contributed by atoms with Gasteiger partial charge in [-0.2, -0.15) is 0 Å². The fourth-order valence-electron chi connectivity index (χ4n) is 2.26. The molecule has 0 bridgehead atoms. The Kier molecular flexibility index (Phi) is 6.24. The van der Waals surface area contributed by atoms with Gasteiger partial charge in [0.2, 0.25) is 5.91 Å². The summed E-state index contributed by atoms with van der Waals surface area (Å²) in [4.78, 5) is 29.0. The number of hydrogen-bond acceptors (Lipinski definition) is 5. The molecule has 1 fully saturated rings. The lowest BCUT2D eigenvalue weighted by Crippen LogP contribution is -2.53. The van der Waals surface area contributed by atoms with E-state index in [1.54, 1.807) is 19.0 Å². The van der Waals surface area contributed by atoms with E-state index in [-0.39, 0.29) is 17.9 Å². The van der Waals surface area contributed by atoms with Gasteiger partial charge in [-0.25, -0.2) is 0 Å². The molecule has 1 aliphatic rings. The van der Waals surface area contributed by atoms with Crippen molar-refractivity contribution in [3.8, 4) is 0 Å². The zero-order valence-corrected chi connectivity index (χ0v) is 12.4. The molecule has 19 heavy (non-hydrogen) atoms. The number of methoxy groups -OCH3 is 1. The summed E-state index contributed by atoms with van der Waals surface area (Å²) < 4.78 is 4.63. The third-order valence-corrected chi connectivity index (χ3v) is 3.61. The van der Waals surface area contributed by atoms with Crippen LogP contribution in [0.4, 0.5) is 0 Å². The van der Waals surface area contributed by atoms with Crippen molar-refractivity contribution in [2.24, 2.45) is 0 Å². The summed E-state index contributed by atoms with van der Waals surface area (Å²) in [5, 5.41) is 0. The summed E-state index contributed by atoms with van der Waals surface area (Å²) in [5.41, 5.74) is 0. The number of carbonyl (C=O) groups excluding carboxylic acids is 2. The van der Waals surface area contributed by atoms with E-state index in [1.165, 1.54) is 7.11 Å². The highest BCUT2D eigenvalue weighted by atomic mass is 16.5. The number of hydrogen-bond donors (Lipinski definition) is 0. The molecule has 1 aliphatic heterocycles. The maximum absolute atomic E-state index is 11.9. The smallest absolute Gasteiger partial charge is 0.306 e. The van der Waals surface area contributed by atoms with Crippen LogP contribution in [0.15, 0.2) is 0 Å². The maximum atomic E-state index is 11.9. The SMILES string of the molecule is COC(=O)CCN1CCN(C(C)C(=O)N(C)C)CC1. The van der Waals surface area contributed by atoms with Crippen LogP contribution in [-0.4, -0.2) is 86.5 Å².